The van der Waals surface area contributed by atoms with Gasteiger partial charge in [0.2, 0.25) is 17.7 Å². The van der Waals surface area contributed by atoms with Crippen LogP contribution in [0.25, 0.3) is 6.08 Å². The van der Waals surface area contributed by atoms with Gasteiger partial charge >= 0.3 is 0 Å². The summed E-state index contributed by atoms with van der Waals surface area (Å²) in [4.78, 5) is 23.8. The first kappa shape index (κ1) is 28.2. The molecule has 2 heterocycles. The minimum absolute atomic E-state index is 0.224. The number of carbonyl (C=O) groups is 1. The van der Waals surface area contributed by atoms with Gasteiger partial charge in [0.1, 0.15) is 5.75 Å². The first-order valence-corrected chi connectivity index (χ1v) is 13.0. The highest BCUT2D eigenvalue weighted by Crippen LogP contribution is 2.32. The van der Waals surface area contributed by atoms with Gasteiger partial charge in [0.15, 0.2) is 0 Å². The number of nitrogens with zero attached hydrogens (tertiary/aromatic N) is 5. The molecular weight excluding hydrogens is 506 g/mol. The second-order valence-electron chi connectivity index (χ2n) is 9.35. The summed E-state index contributed by atoms with van der Waals surface area (Å²) in [5.74, 6) is 0.884. The largest absolute Gasteiger partial charge is 0.438 e. The van der Waals surface area contributed by atoms with E-state index in [1.165, 1.54) is 6.08 Å². The van der Waals surface area contributed by atoms with Crippen LogP contribution in [0.3, 0.4) is 0 Å². The molecule has 1 aromatic heterocycles. The molecule has 1 fully saturated rings. The van der Waals surface area contributed by atoms with E-state index in [4.69, 9.17) is 14.7 Å². The molecule has 3 aromatic rings. The van der Waals surface area contributed by atoms with E-state index >= 15 is 0 Å². The molecule has 0 bridgehead atoms. The first-order valence-electron chi connectivity index (χ1n) is 13.0. The van der Waals surface area contributed by atoms with Gasteiger partial charge in [0.05, 0.1) is 42.0 Å². The van der Waals surface area contributed by atoms with Crippen LogP contribution >= 0.6 is 0 Å². The van der Waals surface area contributed by atoms with Crippen molar-refractivity contribution in [2.75, 3.05) is 44.7 Å². The summed E-state index contributed by atoms with van der Waals surface area (Å²) in [5, 5.41) is 24.4. The Morgan fingerprint density at radius 1 is 1.10 bits per heavy atom. The maximum Gasteiger partial charge on any atom is 0.244 e. The smallest absolute Gasteiger partial charge is 0.244 e. The van der Waals surface area contributed by atoms with Crippen molar-refractivity contribution in [1.82, 2.24) is 20.2 Å². The molecule has 0 aliphatic carbocycles. The zero-order valence-electron chi connectivity index (χ0n) is 22.6. The van der Waals surface area contributed by atoms with Gasteiger partial charge in [-0.25, -0.2) is 4.98 Å². The van der Waals surface area contributed by atoms with Crippen LogP contribution in [0.4, 0.5) is 11.6 Å². The molecule has 0 saturated carbocycles. The summed E-state index contributed by atoms with van der Waals surface area (Å²) in [5.41, 5.74) is 3.86. The van der Waals surface area contributed by atoms with Crippen LogP contribution in [0, 0.1) is 36.5 Å². The van der Waals surface area contributed by atoms with Crippen molar-refractivity contribution in [3.63, 3.8) is 0 Å². The van der Waals surface area contributed by atoms with E-state index in [1.807, 2.05) is 13.8 Å². The second kappa shape index (κ2) is 13.9. The Labute approximate surface area is 233 Å². The zero-order chi connectivity index (χ0) is 28.3. The molecule has 10 heteroatoms. The standard InChI is InChI=1S/C30H31N7O3/c1-21-16-24(19-32)17-22(2)28(21)40-29-25(6-9-27(38)33-10-3-11-37-12-14-39-15-13-37)20-34-30(36-29)35-26-7-4-23(18-31)5-8-26/h4-9,16-17,20H,3,10-15H2,1-2H3,(H,33,38)(H,34,35,36)/b9-6+. The maximum atomic E-state index is 12.5. The van der Waals surface area contributed by atoms with E-state index in [1.54, 1.807) is 48.7 Å². The van der Waals surface area contributed by atoms with E-state index in [0.717, 1.165) is 50.4 Å². The van der Waals surface area contributed by atoms with Gasteiger partial charge in [-0.2, -0.15) is 15.5 Å². The number of amides is 1. The summed E-state index contributed by atoms with van der Waals surface area (Å²) in [6.45, 7) is 8.55. The van der Waals surface area contributed by atoms with Crippen LogP contribution in [0.5, 0.6) is 11.6 Å². The van der Waals surface area contributed by atoms with Crippen LogP contribution < -0.4 is 15.4 Å². The van der Waals surface area contributed by atoms with Crippen molar-refractivity contribution < 1.29 is 14.3 Å². The van der Waals surface area contributed by atoms with Crippen LogP contribution in [0.1, 0.15) is 34.2 Å². The summed E-state index contributed by atoms with van der Waals surface area (Å²) < 4.78 is 11.6. The summed E-state index contributed by atoms with van der Waals surface area (Å²) in [7, 11) is 0. The molecule has 10 nitrogen and oxygen atoms in total. The third-order valence-corrected chi connectivity index (χ3v) is 6.31. The van der Waals surface area contributed by atoms with Crippen molar-refractivity contribution in [2.45, 2.75) is 20.3 Å². The van der Waals surface area contributed by atoms with Crippen molar-refractivity contribution in [3.05, 3.63) is 76.5 Å². The maximum absolute atomic E-state index is 12.5. The highest BCUT2D eigenvalue weighted by molar-refractivity contribution is 5.92. The molecule has 2 aromatic carbocycles. The summed E-state index contributed by atoms with van der Waals surface area (Å²) in [6, 6.07) is 14.6. The van der Waals surface area contributed by atoms with Crippen LogP contribution in [0.15, 0.2) is 48.7 Å². The molecule has 0 atom stereocenters. The zero-order valence-corrected chi connectivity index (χ0v) is 22.6. The van der Waals surface area contributed by atoms with Crippen LogP contribution in [-0.4, -0.2) is 60.2 Å². The molecule has 204 valence electrons. The number of nitrogens with one attached hydrogen (secondary N) is 2. The Bertz CT molecular complexity index is 1430. The third kappa shape index (κ3) is 7.87. The van der Waals surface area contributed by atoms with Gasteiger partial charge in [-0.05, 0) is 80.4 Å². The molecule has 40 heavy (non-hydrogen) atoms. The Balaban J connectivity index is 1.49. The topological polar surface area (TPSA) is 136 Å². The monoisotopic (exact) mass is 537 g/mol. The molecule has 4 rings (SSSR count). The van der Waals surface area contributed by atoms with Gasteiger partial charge in [0.25, 0.3) is 0 Å². The number of aromatic nitrogens is 2. The highest BCUT2D eigenvalue weighted by atomic mass is 16.5. The van der Waals surface area contributed by atoms with Gasteiger partial charge in [-0.15, -0.1) is 0 Å². The van der Waals surface area contributed by atoms with Crippen molar-refractivity contribution in [3.8, 4) is 23.8 Å². The number of morpholine rings is 1. The molecule has 2 N–H and O–H groups in total. The Hall–Kier alpha value is -4.77. The fourth-order valence-electron chi connectivity index (χ4n) is 4.22. The molecule has 0 radical (unpaired) electrons. The molecule has 1 saturated heterocycles. The van der Waals surface area contributed by atoms with E-state index in [-0.39, 0.29) is 17.7 Å². The Morgan fingerprint density at radius 2 is 1.80 bits per heavy atom. The molecule has 1 amide bonds. The van der Waals surface area contributed by atoms with Gasteiger partial charge in [0, 0.05) is 37.6 Å². The second-order valence-corrected chi connectivity index (χ2v) is 9.35. The van der Waals surface area contributed by atoms with Crippen LogP contribution in [-0.2, 0) is 9.53 Å². The fraction of sp³-hybridized carbons (Fsp3) is 0.300. The van der Waals surface area contributed by atoms with E-state index in [9.17, 15) is 10.1 Å². The van der Waals surface area contributed by atoms with Crippen molar-refractivity contribution in [1.29, 1.82) is 10.5 Å². The lowest BCUT2D eigenvalue weighted by atomic mass is 10.1. The lowest BCUT2D eigenvalue weighted by Gasteiger charge is -2.26. The molecular formula is C30H31N7O3. The molecule has 1 aliphatic rings. The SMILES string of the molecule is Cc1cc(C#N)cc(C)c1Oc1nc(Nc2ccc(C#N)cc2)ncc1/C=C/C(=O)NCCCN1CCOCC1. The normalized spacial score (nSPS) is 13.4. The number of nitriles is 2. The fourth-order valence-corrected chi connectivity index (χ4v) is 4.22. The minimum atomic E-state index is -0.224. The highest BCUT2D eigenvalue weighted by Gasteiger charge is 2.14. The summed E-state index contributed by atoms with van der Waals surface area (Å²) >= 11 is 0. The van der Waals surface area contributed by atoms with Gasteiger partial charge in [-0.1, -0.05) is 0 Å². The van der Waals surface area contributed by atoms with E-state index in [0.29, 0.717) is 34.7 Å². The lowest BCUT2D eigenvalue weighted by Crippen LogP contribution is -2.38. The number of aryl methyl sites for hydroxylation is 2. The Morgan fingerprint density at radius 3 is 2.48 bits per heavy atom. The minimum Gasteiger partial charge on any atom is -0.438 e. The number of carbonyl (C=O) groups excluding carboxylic acids is 1. The number of anilines is 2. The van der Waals surface area contributed by atoms with Gasteiger partial charge < -0.3 is 20.1 Å². The lowest BCUT2D eigenvalue weighted by molar-refractivity contribution is -0.116. The first-order chi connectivity index (χ1) is 19.4. The number of benzene rings is 2. The molecule has 1 aliphatic heterocycles. The van der Waals surface area contributed by atoms with Crippen LogP contribution in [0.2, 0.25) is 0 Å². The molecule has 0 spiro atoms. The average molecular weight is 538 g/mol. The number of ether oxygens (including phenoxy) is 2. The summed E-state index contributed by atoms with van der Waals surface area (Å²) in [6.07, 6.45) is 5.48. The quantitative estimate of drug-likeness (QED) is 0.288. The molecule has 0 unspecified atom stereocenters. The van der Waals surface area contributed by atoms with Crippen molar-refractivity contribution >= 4 is 23.6 Å². The number of hydrogen-bond acceptors (Lipinski definition) is 9. The predicted octanol–water partition coefficient (Wildman–Crippen LogP) is 4.22. The van der Waals surface area contributed by atoms with E-state index in [2.05, 4.69) is 37.6 Å². The van der Waals surface area contributed by atoms with Crippen molar-refractivity contribution in [2.24, 2.45) is 0 Å². The Kier molecular flexibility index (Phi) is 9.78. The number of rotatable bonds is 10. The van der Waals surface area contributed by atoms with Gasteiger partial charge in [-0.3, -0.25) is 9.69 Å². The predicted molar refractivity (Wildman–Crippen MR) is 151 cm³/mol. The van der Waals surface area contributed by atoms with E-state index < -0.39 is 0 Å². The third-order valence-electron chi connectivity index (χ3n) is 6.31. The average Bonchev–Trinajstić information content (AvgIpc) is 2.97. The number of hydrogen-bond donors (Lipinski definition) is 2.